The molecule has 0 radical (unpaired) electrons. The molecule has 2 aromatic rings. The zero-order valence-electron chi connectivity index (χ0n) is 13.4. The van der Waals surface area contributed by atoms with Crippen LogP contribution in [0.15, 0.2) is 53.5 Å². The number of amides is 1. The lowest BCUT2D eigenvalue weighted by Crippen LogP contribution is -2.48. The molecular weight excluding hydrogens is 290 g/mol. The largest absolute Gasteiger partial charge is 0.379 e. The summed E-state index contributed by atoms with van der Waals surface area (Å²) < 4.78 is 1.44. The first-order valence-electron chi connectivity index (χ1n) is 7.87. The fourth-order valence-electron chi connectivity index (χ4n) is 2.81. The Morgan fingerprint density at radius 3 is 2.70 bits per heavy atom. The maximum atomic E-state index is 12.8. The number of hydrogen-bond donors (Lipinski definition) is 1. The number of rotatable bonds is 3. The van der Waals surface area contributed by atoms with Crippen molar-refractivity contribution in [2.24, 2.45) is 5.92 Å². The summed E-state index contributed by atoms with van der Waals surface area (Å²) in [6.07, 6.45) is 1.65. The highest BCUT2D eigenvalue weighted by molar-refractivity contribution is 5.97. The van der Waals surface area contributed by atoms with Gasteiger partial charge in [0.15, 0.2) is 0 Å². The van der Waals surface area contributed by atoms with Gasteiger partial charge in [0.2, 0.25) is 5.91 Å². The molecule has 0 bridgehead atoms. The second-order valence-corrected chi connectivity index (χ2v) is 6.18. The molecule has 5 nitrogen and oxygen atoms in total. The van der Waals surface area contributed by atoms with Crippen molar-refractivity contribution in [2.45, 2.75) is 26.4 Å². The second kappa shape index (κ2) is 6.28. The van der Waals surface area contributed by atoms with Crippen molar-refractivity contribution >= 4 is 17.3 Å². The number of nitrogens with one attached hydrogen (secondary N) is 1. The van der Waals surface area contributed by atoms with Crippen LogP contribution in [0.2, 0.25) is 0 Å². The van der Waals surface area contributed by atoms with Crippen LogP contribution in [0.1, 0.15) is 13.8 Å². The molecule has 1 aromatic carbocycles. The molecule has 2 heterocycles. The normalized spacial score (nSPS) is 16.8. The van der Waals surface area contributed by atoms with Crippen molar-refractivity contribution in [2.75, 3.05) is 16.8 Å². The van der Waals surface area contributed by atoms with E-state index in [1.807, 2.05) is 24.3 Å². The van der Waals surface area contributed by atoms with E-state index in [1.54, 1.807) is 23.2 Å². The average molecular weight is 311 g/mol. The summed E-state index contributed by atoms with van der Waals surface area (Å²) in [4.78, 5) is 26.4. The maximum Gasteiger partial charge on any atom is 0.250 e. The molecule has 1 aliphatic rings. The highest BCUT2D eigenvalue weighted by Gasteiger charge is 2.29. The van der Waals surface area contributed by atoms with E-state index in [-0.39, 0.29) is 24.1 Å². The zero-order chi connectivity index (χ0) is 16.4. The molecule has 0 spiro atoms. The Balaban J connectivity index is 1.90. The molecule has 23 heavy (non-hydrogen) atoms. The Kier molecular flexibility index (Phi) is 4.19. The van der Waals surface area contributed by atoms with E-state index in [0.29, 0.717) is 12.5 Å². The third-order valence-electron chi connectivity index (χ3n) is 4.23. The predicted octanol–water partition coefficient (Wildman–Crippen LogP) is 2.33. The number of benzene rings is 1. The molecule has 1 amide bonds. The van der Waals surface area contributed by atoms with Crippen LogP contribution in [-0.4, -0.2) is 23.1 Å². The topological polar surface area (TPSA) is 54.3 Å². The van der Waals surface area contributed by atoms with Gasteiger partial charge in [0.25, 0.3) is 5.56 Å². The Morgan fingerprint density at radius 2 is 1.96 bits per heavy atom. The van der Waals surface area contributed by atoms with Crippen LogP contribution in [0.25, 0.3) is 0 Å². The van der Waals surface area contributed by atoms with Crippen molar-refractivity contribution in [3.05, 3.63) is 59.0 Å². The van der Waals surface area contributed by atoms with Crippen LogP contribution in [0.3, 0.4) is 0 Å². The first-order valence-corrected chi connectivity index (χ1v) is 7.87. The molecule has 1 aliphatic heterocycles. The Hall–Kier alpha value is -2.56. The van der Waals surface area contributed by atoms with E-state index in [4.69, 9.17) is 0 Å². The molecule has 0 fully saturated rings. The van der Waals surface area contributed by atoms with E-state index >= 15 is 0 Å². The standard InChI is InChI=1S/C18H21N3O2/c1-13(2)15-11-21(16-8-4-3-7-14(16)19-15)18(23)12-20-10-6-5-9-17(20)22/h3-10,13,15,19H,11-12H2,1-2H3/t15-/m0/s1. The summed E-state index contributed by atoms with van der Waals surface area (Å²) in [5, 5.41) is 3.49. The van der Waals surface area contributed by atoms with Gasteiger partial charge in [-0.05, 0) is 24.1 Å². The van der Waals surface area contributed by atoms with Gasteiger partial charge < -0.3 is 14.8 Å². The lowest BCUT2D eigenvalue weighted by atomic mass is 10.00. The van der Waals surface area contributed by atoms with E-state index in [9.17, 15) is 9.59 Å². The lowest BCUT2D eigenvalue weighted by Gasteiger charge is -2.37. The van der Waals surface area contributed by atoms with Crippen LogP contribution in [0.5, 0.6) is 0 Å². The molecular formula is C18H21N3O2. The first kappa shape index (κ1) is 15.3. The Bertz CT molecular complexity index is 767. The number of anilines is 2. The molecule has 0 aliphatic carbocycles. The summed E-state index contributed by atoms with van der Waals surface area (Å²) >= 11 is 0. The van der Waals surface area contributed by atoms with Crippen molar-refractivity contribution in [1.29, 1.82) is 0 Å². The molecule has 5 heteroatoms. The van der Waals surface area contributed by atoms with Crippen LogP contribution in [0.4, 0.5) is 11.4 Å². The third kappa shape index (κ3) is 3.13. The summed E-state index contributed by atoms with van der Waals surface area (Å²) in [5.41, 5.74) is 1.68. The number of carbonyl (C=O) groups excluding carboxylic acids is 1. The summed E-state index contributed by atoms with van der Waals surface area (Å²) in [7, 11) is 0. The van der Waals surface area contributed by atoms with Crippen LogP contribution >= 0.6 is 0 Å². The average Bonchev–Trinajstić information content (AvgIpc) is 2.55. The monoisotopic (exact) mass is 311 g/mol. The van der Waals surface area contributed by atoms with Crippen LogP contribution in [-0.2, 0) is 11.3 Å². The second-order valence-electron chi connectivity index (χ2n) is 6.18. The van der Waals surface area contributed by atoms with Gasteiger partial charge in [0.05, 0.1) is 11.4 Å². The highest BCUT2D eigenvalue weighted by Crippen LogP contribution is 2.32. The summed E-state index contributed by atoms with van der Waals surface area (Å²) in [5.74, 6) is 0.330. The molecule has 3 rings (SSSR count). The highest BCUT2D eigenvalue weighted by atomic mass is 16.2. The summed E-state index contributed by atoms with van der Waals surface area (Å²) in [6.45, 7) is 4.93. The van der Waals surface area contributed by atoms with Gasteiger partial charge in [-0.2, -0.15) is 0 Å². The Labute approximate surface area is 135 Å². The van der Waals surface area contributed by atoms with Crippen molar-refractivity contribution in [3.63, 3.8) is 0 Å². The minimum atomic E-state index is -0.162. The minimum Gasteiger partial charge on any atom is -0.379 e. The molecule has 0 saturated heterocycles. The predicted molar refractivity (Wildman–Crippen MR) is 91.7 cm³/mol. The zero-order valence-corrected chi connectivity index (χ0v) is 13.4. The number of para-hydroxylation sites is 2. The summed E-state index contributed by atoms with van der Waals surface area (Å²) in [6, 6.07) is 12.9. The van der Waals surface area contributed by atoms with Gasteiger partial charge in [0, 0.05) is 24.8 Å². The SMILES string of the molecule is CC(C)[C@@H]1CN(C(=O)Cn2ccccc2=O)c2ccccc2N1. The minimum absolute atomic E-state index is 0.0544. The number of aromatic nitrogens is 1. The van der Waals surface area contributed by atoms with Crippen molar-refractivity contribution in [3.8, 4) is 0 Å². The van der Waals surface area contributed by atoms with Gasteiger partial charge >= 0.3 is 0 Å². The number of pyridine rings is 1. The fourth-order valence-corrected chi connectivity index (χ4v) is 2.81. The van der Waals surface area contributed by atoms with Gasteiger partial charge in [-0.15, -0.1) is 0 Å². The number of fused-ring (bicyclic) bond motifs is 1. The van der Waals surface area contributed by atoms with Crippen molar-refractivity contribution in [1.82, 2.24) is 4.57 Å². The lowest BCUT2D eigenvalue weighted by molar-refractivity contribution is -0.119. The van der Waals surface area contributed by atoms with E-state index in [0.717, 1.165) is 11.4 Å². The molecule has 1 aromatic heterocycles. The smallest absolute Gasteiger partial charge is 0.250 e. The third-order valence-corrected chi connectivity index (χ3v) is 4.23. The maximum absolute atomic E-state index is 12.8. The molecule has 1 N–H and O–H groups in total. The van der Waals surface area contributed by atoms with Gasteiger partial charge in [-0.3, -0.25) is 9.59 Å². The molecule has 120 valence electrons. The number of nitrogens with zero attached hydrogens (tertiary/aromatic N) is 2. The van der Waals surface area contributed by atoms with Gasteiger partial charge in [0.1, 0.15) is 6.54 Å². The molecule has 1 atom stereocenters. The van der Waals surface area contributed by atoms with Gasteiger partial charge in [-0.1, -0.05) is 32.0 Å². The van der Waals surface area contributed by atoms with E-state index in [1.165, 1.54) is 10.6 Å². The van der Waals surface area contributed by atoms with Gasteiger partial charge in [-0.25, -0.2) is 0 Å². The van der Waals surface area contributed by atoms with E-state index < -0.39 is 0 Å². The number of hydrogen-bond acceptors (Lipinski definition) is 3. The fraction of sp³-hybridized carbons (Fsp3) is 0.333. The molecule has 0 unspecified atom stereocenters. The van der Waals surface area contributed by atoms with Crippen LogP contribution in [0, 0.1) is 5.92 Å². The first-order chi connectivity index (χ1) is 11.1. The Morgan fingerprint density at radius 1 is 1.22 bits per heavy atom. The van der Waals surface area contributed by atoms with Crippen molar-refractivity contribution < 1.29 is 4.79 Å². The van der Waals surface area contributed by atoms with E-state index in [2.05, 4.69) is 19.2 Å². The quantitative estimate of drug-likeness (QED) is 0.946. The van der Waals surface area contributed by atoms with Crippen LogP contribution < -0.4 is 15.8 Å². The number of carbonyl (C=O) groups is 1. The molecule has 0 saturated carbocycles.